The molecule has 70 valence electrons. The van der Waals surface area contributed by atoms with Gasteiger partial charge in [0.1, 0.15) is 5.69 Å². The van der Waals surface area contributed by atoms with Crippen LogP contribution in [0.25, 0.3) is 0 Å². The molecule has 6 heteroatoms. The van der Waals surface area contributed by atoms with Gasteiger partial charge in [-0.15, -0.1) is 0 Å². The van der Waals surface area contributed by atoms with E-state index in [0.29, 0.717) is 0 Å². The molecule has 0 unspecified atom stereocenters. The second kappa shape index (κ2) is 3.26. The molecule has 0 saturated carbocycles. The molecule has 1 aromatic rings. The van der Waals surface area contributed by atoms with Crippen LogP contribution in [0, 0.1) is 10.1 Å². The van der Waals surface area contributed by atoms with E-state index in [-0.39, 0.29) is 17.2 Å². The quantitative estimate of drug-likeness (QED) is 0.535. The zero-order chi connectivity index (χ0) is 10.0. The average Bonchev–Trinajstić information content (AvgIpc) is 2.02. The van der Waals surface area contributed by atoms with Crippen molar-refractivity contribution in [2.24, 2.45) is 0 Å². The van der Waals surface area contributed by atoms with E-state index >= 15 is 0 Å². The van der Waals surface area contributed by atoms with Crippen LogP contribution in [-0.4, -0.2) is 24.0 Å². The van der Waals surface area contributed by atoms with Crippen molar-refractivity contribution < 1.29 is 4.92 Å². The van der Waals surface area contributed by atoms with Gasteiger partial charge in [0.25, 0.3) is 0 Å². The van der Waals surface area contributed by atoms with Crippen LogP contribution in [0.4, 0.5) is 17.2 Å². The molecule has 13 heavy (non-hydrogen) atoms. The van der Waals surface area contributed by atoms with Gasteiger partial charge >= 0.3 is 5.69 Å². The predicted octanol–water partition coefficient (Wildman–Crippen LogP) is 0.638. The molecule has 0 amide bonds. The molecule has 0 bridgehead atoms. The van der Waals surface area contributed by atoms with Gasteiger partial charge in [0.05, 0.1) is 4.92 Å². The highest BCUT2D eigenvalue weighted by Gasteiger charge is 2.20. The smallest absolute Gasteiger partial charge is 0.334 e. The summed E-state index contributed by atoms with van der Waals surface area (Å²) in [4.78, 5) is 15.5. The number of nitro groups is 1. The fourth-order valence-electron chi connectivity index (χ4n) is 0.972. The lowest BCUT2D eigenvalue weighted by atomic mass is 10.3. The Morgan fingerprint density at radius 3 is 2.62 bits per heavy atom. The Labute approximate surface area is 75.1 Å². The first-order valence-electron chi connectivity index (χ1n) is 3.60. The van der Waals surface area contributed by atoms with Gasteiger partial charge in [-0.1, -0.05) is 0 Å². The Morgan fingerprint density at radius 1 is 1.62 bits per heavy atom. The normalized spacial score (nSPS) is 9.69. The van der Waals surface area contributed by atoms with Crippen LogP contribution in [0.3, 0.4) is 0 Å². The van der Waals surface area contributed by atoms with Crippen molar-refractivity contribution >= 4 is 17.2 Å². The van der Waals surface area contributed by atoms with Gasteiger partial charge in [0.2, 0.25) is 5.82 Å². The molecule has 0 aliphatic heterocycles. The minimum atomic E-state index is -0.530. The molecule has 0 aliphatic rings. The van der Waals surface area contributed by atoms with E-state index in [1.807, 2.05) is 0 Å². The molecule has 0 aromatic carbocycles. The Kier molecular flexibility index (Phi) is 2.32. The summed E-state index contributed by atoms with van der Waals surface area (Å²) in [5, 5.41) is 10.6. The van der Waals surface area contributed by atoms with Crippen LogP contribution in [0.1, 0.15) is 0 Å². The maximum Gasteiger partial charge on any atom is 0.334 e. The Bertz CT molecular complexity index is 337. The Balaban J connectivity index is 3.34. The number of pyridine rings is 1. The number of anilines is 2. The number of nitrogen functional groups attached to an aromatic ring is 1. The Hall–Kier alpha value is -1.85. The maximum atomic E-state index is 10.6. The monoisotopic (exact) mass is 182 g/mol. The molecule has 0 radical (unpaired) electrons. The van der Waals surface area contributed by atoms with Crippen molar-refractivity contribution in [3.05, 3.63) is 22.4 Å². The summed E-state index contributed by atoms with van der Waals surface area (Å²) in [6.07, 6.45) is 1.44. The molecule has 0 saturated heterocycles. The first kappa shape index (κ1) is 9.24. The van der Waals surface area contributed by atoms with Gasteiger partial charge in [-0.25, -0.2) is 4.98 Å². The number of aromatic nitrogens is 1. The van der Waals surface area contributed by atoms with Crippen molar-refractivity contribution in [2.45, 2.75) is 0 Å². The van der Waals surface area contributed by atoms with E-state index < -0.39 is 4.92 Å². The van der Waals surface area contributed by atoms with Gasteiger partial charge in [0, 0.05) is 20.3 Å². The van der Waals surface area contributed by atoms with Crippen LogP contribution in [-0.2, 0) is 0 Å². The van der Waals surface area contributed by atoms with E-state index in [4.69, 9.17) is 5.73 Å². The van der Waals surface area contributed by atoms with Crippen molar-refractivity contribution in [3.8, 4) is 0 Å². The highest BCUT2D eigenvalue weighted by Crippen LogP contribution is 2.29. The molecule has 6 nitrogen and oxygen atoms in total. The van der Waals surface area contributed by atoms with Gasteiger partial charge in [-0.3, -0.25) is 10.1 Å². The lowest BCUT2D eigenvalue weighted by Gasteiger charge is -2.11. The number of rotatable bonds is 2. The number of nitrogens with zero attached hydrogens (tertiary/aromatic N) is 3. The third-order valence-electron chi connectivity index (χ3n) is 1.54. The molecule has 1 aromatic heterocycles. The molecular formula is C7H10N4O2. The number of nitrogens with two attached hydrogens (primary N) is 1. The average molecular weight is 182 g/mol. The van der Waals surface area contributed by atoms with Crippen LogP contribution in [0.2, 0.25) is 0 Å². The summed E-state index contributed by atoms with van der Waals surface area (Å²) in [5.74, 6) is 0.269. The fraction of sp³-hybridized carbons (Fsp3) is 0.286. The van der Waals surface area contributed by atoms with Crippen LogP contribution < -0.4 is 10.6 Å². The Morgan fingerprint density at radius 2 is 2.23 bits per heavy atom. The second-order valence-electron chi connectivity index (χ2n) is 2.72. The molecule has 0 aliphatic carbocycles. The fourth-order valence-corrected chi connectivity index (χ4v) is 0.972. The second-order valence-corrected chi connectivity index (χ2v) is 2.72. The van der Waals surface area contributed by atoms with Gasteiger partial charge in [0.15, 0.2) is 0 Å². The highest BCUT2D eigenvalue weighted by atomic mass is 16.6. The SMILES string of the molecule is CN(C)c1nccc(N)c1[N+](=O)[O-]. The topological polar surface area (TPSA) is 85.3 Å². The molecular weight excluding hydrogens is 172 g/mol. The molecule has 0 spiro atoms. The molecule has 1 rings (SSSR count). The minimum absolute atomic E-state index is 0.128. The standard InChI is InChI=1S/C7H10N4O2/c1-10(2)7-6(11(12)13)5(8)3-4-9-7/h3-4H,1-2H3,(H2,8,9). The molecule has 0 atom stereocenters. The van der Waals surface area contributed by atoms with Crippen LogP contribution in [0.5, 0.6) is 0 Å². The molecule has 1 heterocycles. The van der Waals surface area contributed by atoms with Gasteiger partial charge in [-0.05, 0) is 6.07 Å². The third-order valence-corrected chi connectivity index (χ3v) is 1.54. The first-order chi connectivity index (χ1) is 6.04. The number of hydrogen-bond acceptors (Lipinski definition) is 5. The molecule has 0 fully saturated rings. The van der Waals surface area contributed by atoms with E-state index in [1.165, 1.54) is 12.3 Å². The van der Waals surface area contributed by atoms with E-state index in [0.717, 1.165) is 0 Å². The maximum absolute atomic E-state index is 10.6. The third kappa shape index (κ3) is 1.66. The molecule has 2 N–H and O–H groups in total. The van der Waals surface area contributed by atoms with Crippen molar-refractivity contribution in [3.63, 3.8) is 0 Å². The number of hydrogen-bond donors (Lipinski definition) is 1. The zero-order valence-corrected chi connectivity index (χ0v) is 7.39. The van der Waals surface area contributed by atoms with E-state index in [1.54, 1.807) is 19.0 Å². The summed E-state index contributed by atoms with van der Waals surface area (Å²) in [6.45, 7) is 0. The largest absolute Gasteiger partial charge is 0.393 e. The van der Waals surface area contributed by atoms with E-state index in [9.17, 15) is 10.1 Å². The summed E-state index contributed by atoms with van der Waals surface area (Å²) >= 11 is 0. The first-order valence-corrected chi connectivity index (χ1v) is 3.60. The lowest BCUT2D eigenvalue weighted by molar-refractivity contribution is -0.383. The highest BCUT2D eigenvalue weighted by molar-refractivity contribution is 5.71. The summed E-state index contributed by atoms with van der Waals surface area (Å²) in [5.41, 5.74) is 5.43. The lowest BCUT2D eigenvalue weighted by Crippen LogP contribution is -2.13. The van der Waals surface area contributed by atoms with Crippen molar-refractivity contribution in [2.75, 3.05) is 24.7 Å². The van der Waals surface area contributed by atoms with E-state index in [2.05, 4.69) is 4.98 Å². The van der Waals surface area contributed by atoms with Gasteiger partial charge < -0.3 is 10.6 Å². The van der Waals surface area contributed by atoms with Crippen LogP contribution >= 0.6 is 0 Å². The minimum Gasteiger partial charge on any atom is -0.393 e. The van der Waals surface area contributed by atoms with Gasteiger partial charge in [-0.2, -0.15) is 0 Å². The van der Waals surface area contributed by atoms with Crippen molar-refractivity contribution in [1.29, 1.82) is 0 Å². The summed E-state index contributed by atoms with van der Waals surface area (Å²) in [6, 6.07) is 1.41. The summed E-state index contributed by atoms with van der Waals surface area (Å²) < 4.78 is 0. The van der Waals surface area contributed by atoms with Crippen LogP contribution in [0.15, 0.2) is 12.3 Å². The summed E-state index contributed by atoms with van der Waals surface area (Å²) in [7, 11) is 3.35. The zero-order valence-electron chi connectivity index (χ0n) is 7.39. The van der Waals surface area contributed by atoms with Crippen molar-refractivity contribution in [1.82, 2.24) is 4.98 Å². The predicted molar refractivity (Wildman–Crippen MR) is 49.6 cm³/mol.